The molecule has 0 unspecified atom stereocenters. The van der Waals surface area contributed by atoms with Crippen LogP contribution in [-0.2, 0) is 6.54 Å². The van der Waals surface area contributed by atoms with Crippen LogP contribution in [0.3, 0.4) is 0 Å². The molecule has 0 amide bonds. The number of carboxylic acid groups (broad SMARTS) is 1. The van der Waals surface area contributed by atoms with Gasteiger partial charge in [0.05, 0.1) is 23.3 Å². The van der Waals surface area contributed by atoms with Gasteiger partial charge < -0.3 is 19.1 Å². The lowest BCUT2D eigenvalue weighted by Gasteiger charge is -2.04. The van der Waals surface area contributed by atoms with Crippen molar-refractivity contribution in [1.82, 2.24) is 14.5 Å². The van der Waals surface area contributed by atoms with Crippen LogP contribution in [0.1, 0.15) is 26.2 Å². The summed E-state index contributed by atoms with van der Waals surface area (Å²) in [7, 11) is 0. The summed E-state index contributed by atoms with van der Waals surface area (Å²) in [5, 5.41) is 9.89. The molecule has 0 saturated heterocycles. The van der Waals surface area contributed by atoms with Crippen LogP contribution in [0.2, 0.25) is 0 Å². The standard InChI is InChI=1S/C15H13N3O4S/c1-7-14(15(19)20)23-13(16-7)5-18-8(2)17-9-3-11-12(4-10(9)18)22-6-21-11/h3-4H,5-6H2,1-2H3,(H,19,20). The molecule has 1 aliphatic heterocycles. The predicted octanol–water partition coefficient (Wildman–Crippen LogP) is 2.58. The summed E-state index contributed by atoms with van der Waals surface area (Å²) in [6, 6.07) is 3.76. The normalized spacial score (nSPS) is 13.0. The molecule has 0 radical (unpaired) electrons. The molecular weight excluding hydrogens is 318 g/mol. The van der Waals surface area contributed by atoms with Gasteiger partial charge in [-0.15, -0.1) is 11.3 Å². The quantitative estimate of drug-likeness (QED) is 0.794. The number of aromatic carboxylic acids is 1. The molecule has 0 spiro atoms. The maximum Gasteiger partial charge on any atom is 0.347 e. The first-order valence-electron chi connectivity index (χ1n) is 6.99. The average molecular weight is 331 g/mol. The van der Waals surface area contributed by atoms with Gasteiger partial charge in [0.15, 0.2) is 11.5 Å². The molecule has 8 heteroatoms. The van der Waals surface area contributed by atoms with E-state index in [0.717, 1.165) is 21.9 Å². The molecule has 0 bridgehead atoms. The molecule has 1 aliphatic rings. The molecule has 1 aromatic carbocycles. The lowest BCUT2D eigenvalue weighted by molar-refractivity contribution is 0.0701. The lowest BCUT2D eigenvalue weighted by atomic mass is 10.2. The Balaban J connectivity index is 1.78. The topological polar surface area (TPSA) is 86.5 Å². The zero-order valence-corrected chi connectivity index (χ0v) is 13.3. The second-order valence-electron chi connectivity index (χ2n) is 5.27. The average Bonchev–Trinajstić information content (AvgIpc) is 3.16. The van der Waals surface area contributed by atoms with Crippen LogP contribution in [0.15, 0.2) is 12.1 Å². The van der Waals surface area contributed by atoms with Crippen molar-refractivity contribution < 1.29 is 19.4 Å². The van der Waals surface area contributed by atoms with E-state index in [9.17, 15) is 4.79 Å². The first-order valence-corrected chi connectivity index (χ1v) is 7.80. The molecule has 0 saturated carbocycles. The summed E-state index contributed by atoms with van der Waals surface area (Å²) in [6.07, 6.45) is 0. The molecule has 2 aromatic heterocycles. The van der Waals surface area contributed by atoms with Crippen molar-refractivity contribution >= 4 is 28.3 Å². The van der Waals surface area contributed by atoms with E-state index in [1.54, 1.807) is 6.92 Å². The van der Waals surface area contributed by atoms with Crippen LogP contribution in [0, 0.1) is 13.8 Å². The highest BCUT2D eigenvalue weighted by molar-refractivity contribution is 7.13. The Kier molecular flexibility index (Phi) is 3.02. The van der Waals surface area contributed by atoms with Crippen molar-refractivity contribution in [3.05, 3.63) is 33.5 Å². The summed E-state index contributed by atoms with van der Waals surface area (Å²) in [5.74, 6) is 1.27. The van der Waals surface area contributed by atoms with Crippen molar-refractivity contribution in [3.8, 4) is 11.5 Å². The van der Waals surface area contributed by atoms with Gasteiger partial charge in [0.1, 0.15) is 15.7 Å². The van der Waals surface area contributed by atoms with Crippen molar-refractivity contribution in [2.24, 2.45) is 0 Å². The Labute approximate surface area is 135 Å². The summed E-state index contributed by atoms with van der Waals surface area (Å²) in [6.45, 7) is 4.31. The van der Waals surface area contributed by atoms with Crippen LogP contribution in [0.4, 0.5) is 0 Å². The Bertz CT molecular complexity index is 944. The highest BCUT2D eigenvalue weighted by Gasteiger charge is 2.20. The molecule has 1 N–H and O–H groups in total. The Hall–Kier alpha value is -2.61. The Morgan fingerprint density at radius 2 is 2.04 bits per heavy atom. The van der Waals surface area contributed by atoms with Crippen molar-refractivity contribution in [1.29, 1.82) is 0 Å². The lowest BCUT2D eigenvalue weighted by Crippen LogP contribution is -2.01. The largest absolute Gasteiger partial charge is 0.477 e. The number of carbonyl (C=O) groups is 1. The van der Waals surface area contributed by atoms with Crippen LogP contribution in [0.5, 0.6) is 11.5 Å². The zero-order chi connectivity index (χ0) is 16.1. The van der Waals surface area contributed by atoms with Gasteiger partial charge in [-0.05, 0) is 13.8 Å². The fraction of sp³-hybridized carbons (Fsp3) is 0.267. The Morgan fingerprint density at radius 1 is 1.30 bits per heavy atom. The van der Waals surface area contributed by atoms with Gasteiger partial charge in [0, 0.05) is 12.1 Å². The minimum Gasteiger partial charge on any atom is -0.477 e. The van der Waals surface area contributed by atoms with Gasteiger partial charge >= 0.3 is 5.97 Å². The highest BCUT2D eigenvalue weighted by atomic mass is 32.1. The van der Waals surface area contributed by atoms with Crippen LogP contribution in [0.25, 0.3) is 11.0 Å². The maximum absolute atomic E-state index is 11.2. The molecule has 3 aromatic rings. The molecule has 0 fully saturated rings. The van der Waals surface area contributed by atoms with Gasteiger partial charge in [-0.2, -0.15) is 0 Å². The van der Waals surface area contributed by atoms with Crippen molar-refractivity contribution in [2.75, 3.05) is 6.79 Å². The number of benzene rings is 1. The minimum absolute atomic E-state index is 0.217. The highest BCUT2D eigenvalue weighted by Crippen LogP contribution is 2.36. The molecule has 3 heterocycles. The maximum atomic E-state index is 11.2. The molecule has 7 nitrogen and oxygen atoms in total. The number of hydrogen-bond donors (Lipinski definition) is 1. The number of nitrogens with zero attached hydrogens (tertiary/aromatic N) is 3. The van der Waals surface area contributed by atoms with E-state index in [2.05, 4.69) is 9.97 Å². The van der Waals surface area contributed by atoms with E-state index in [4.69, 9.17) is 14.6 Å². The van der Waals surface area contributed by atoms with Crippen LogP contribution >= 0.6 is 11.3 Å². The molecule has 4 rings (SSSR count). The summed E-state index contributed by atoms with van der Waals surface area (Å²) < 4.78 is 12.8. The smallest absolute Gasteiger partial charge is 0.347 e. The number of aromatic nitrogens is 3. The van der Waals surface area contributed by atoms with E-state index >= 15 is 0 Å². The van der Waals surface area contributed by atoms with E-state index in [-0.39, 0.29) is 11.7 Å². The fourth-order valence-corrected chi connectivity index (χ4v) is 3.58. The number of imidazole rings is 1. The molecule has 23 heavy (non-hydrogen) atoms. The Morgan fingerprint density at radius 3 is 2.74 bits per heavy atom. The molecule has 0 atom stereocenters. The predicted molar refractivity (Wildman–Crippen MR) is 83.5 cm³/mol. The molecule has 118 valence electrons. The first kappa shape index (κ1) is 14.0. The fourth-order valence-electron chi connectivity index (χ4n) is 2.69. The third-order valence-corrected chi connectivity index (χ3v) is 4.89. The second kappa shape index (κ2) is 4.95. The first-order chi connectivity index (χ1) is 11.0. The monoisotopic (exact) mass is 331 g/mol. The number of hydrogen-bond acceptors (Lipinski definition) is 6. The van der Waals surface area contributed by atoms with Crippen molar-refractivity contribution in [3.63, 3.8) is 0 Å². The SMILES string of the molecule is Cc1nc(Cn2c(C)nc3cc4c(cc32)OCO4)sc1C(=O)O. The number of aryl methyl sites for hydroxylation is 2. The summed E-state index contributed by atoms with van der Waals surface area (Å²) >= 11 is 1.19. The zero-order valence-electron chi connectivity index (χ0n) is 12.5. The summed E-state index contributed by atoms with van der Waals surface area (Å²) in [5.41, 5.74) is 2.27. The van der Waals surface area contributed by atoms with Gasteiger partial charge in [-0.3, -0.25) is 0 Å². The van der Waals surface area contributed by atoms with Gasteiger partial charge in [0.25, 0.3) is 0 Å². The van der Waals surface area contributed by atoms with E-state index in [1.807, 2.05) is 23.6 Å². The van der Waals surface area contributed by atoms with Gasteiger partial charge in [-0.25, -0.2) is 14.8 Å². The third kappa shape index (κ3) is 2.22. The van der Waals surface area contributed by atoms with Crippen molar-refractivity contribution in [2.45, 2.75) is 20.4 Å². The number of carboxylic acids is 1. The van der Waals surface area contributed by atoms with E-state index in [1.165, 1.54) is 11.3 Å². The summed E-state index contributed by atoms with van der Waals surface area (Å²) in [4.78, 5) is 20.3. The van der Waals surface area contributed by atoms with E-state index in [0.29, 0.717) is 23.7 Å². The van der Waals surface area contributed by atoms with Gasteiger partial charge in [0.2, 0.25) is 6.79 Å². The number of thiazole rings is 1. The number of fused-ring (bicyclic) bond motifs is 2. The third-order valence-electron chi connectivity index (χ3n) is 3.76. The van der Waals surface area contributed by atoms with Crippen LogP contribution < -0.4 is 9.47 Å². The molecular formula is C15H13N3O4S. The molecule has 0 aliphatic carbocycles. The van der Waals surface area contributed by atoms with Gasteiger partial charge in [-0.1, -0.05) is 0 Å². The van der Waals surface area contributed by atoms with Crippen LogP contribution in [-0.4, -0.2) is 32.4 Å². The number of ether oxygens (including phenoxy) is 2. The van der Waals surface area contributed by atoms with E-state index < -0.39 is 5.97 Å². The second-order valence-corrected chi connectivity index (χ2v) is 6.35. The number of rotatable bonds is 3. The minimum atomic E-state index is -0.943.